The maximum atomic E-state index is 11.1. The summed E-state index contributed by atoms with van der Waals surface area (Å²) >= 11 is 4.56. The minimum absolute atomic E-state index is 0.303. The van der Waals surface area contributed by atoms with E-state index in [1.165, 1.54) is 11.3 Å². The highest BCUT2D eigenvalue weighted by atomic mass is 79.9. The minimum Gasteiger partial charge on any atom is -0.493 e. The highest BCUT2D eigenvalue weighted by molar-refractivity contribution is 9.10. The van der Waals surface area contributed by atoms with Crippen LogP contribution in [-0.2, 0) is 13.2 Å². The zero-order valence-corrected chi connectivity index (χ0v) is 24.7. The first kappa shape index (κ1) is 29.6. The van der Waals surface area contributed by atoms with E-state index in [2.05, 4.69) is 15.9 Å². The molecule has 1 aromatic heterocycles. The fraction of sp³-hybridized carbons (Fsp3) is 0.125. The molecule has 0 saturated heterocycles. The predicted molar refractivity (Wildman–Crippen MR) is 163 cm³/mol. The number of carbonyl (C=O) groups excluding carboxylic acids is 1. The molecule has 0 aliphatic rings. The van der Waals surface area contributed by atoms with Crippen LogP contribution in [0.1, 0.15) is 31.2 Å². The molecule has 1 heterocycles. The van der Waals surface area contributed by atoms with Gasteiger partial charge in [0.2, 0.25) is 0 Å². The second-order valence-electron chi connectivity index (χ2n) is 8.65. The Kier molecular flexibility index (Phi) is 10.4. The lowest BCUT2D eigenvalue weighted by Crippen LogP contribution is -1.98. The van der Waals surface area contributed by atoms with E-state index in [1.807, 2.05) is 66.7 Å². The number of fused-ring (bicyclic) bond motifs is 1. The van der Waals surface area contributed by atoms with Crippen molar-refractivity contribution < 1.29 is 33.6 Å². The number of rotatable bonds is 10. The van der Waals surface area contributed by atoms with Gasteiger partial charge in [-0.2, -0.15) is 0 Å². The summed E-state index contributed by atoms with van der Waals surface area (Å²) in [6.07, 6.45) is 0.771. The van der Waals surface area contributed by atoms with Crippen LogP contribution in [0.4, 0.5) is 0 Å². The van der Waals surface area contributed by atoms with Gasteiger partial charge >= 0.3 is 5.97 Å². The van der Waals surface area contributed by atoms with Gasteiger partial charge in [0.15, 0.2) is 29.3 Å². The van der Waals surface area contributed by atoms with E-state index < -0.39 is 5.97 Å². The zero-order valence-electron chi connectivity index (χ0n) is 22.3. The molecule has 5 rings (SSSR count). The Morgan fingerprint density at radius 2 is 1.32 bits per heavy atom. The Labute approximate surface area is 250 Å². The summed E-state index contributed by atoms with van der Waals surface area (Å²) in [6, 6.07) is 28.4. The van der Waals surface area contributed by atoms with Crippen molar-refractivity contribution in [2.24, 2.45) is 0 Å². The molecule has 0 aliphatic carbocycles. The smallest absolute Gasteiger partial charge is 0.345 e. The van der Waals surface area contributed by atoms with Crippen molar-refractivity contribution in [3.8, 4) is 23.0 Å². The number of carboxylic acid groups (broad SMARTS) is 1. The maximum Gasteiger partial charge on any atom is 0.345 e. The van der Waals surface area contributed by atoms with Crippen molar-refractivity contribution in [3.63, 3.8) is 0 Å². The highest BCUT2D eigenvalue weighted by Gasteiger charge is 2.13. The third-order valence-corrected chi connectivity index (χ3v) is 7.67. The molecular weight excluding hydrogens is 608 g/mol. The van der Waals surface area contributed by atoms with Gasteiger partial charge in [0.05, 0.1) is 14.2 Å². The van der Waals surface area contributed by atoms with Gasteiger partial charge in [0.25, 0.3) is 0 Å². The molecule has 0 unspecified atom stereocenters. The Hall–Kier alpha value is -4.34. The molecule has 0 bridgehead atoms. The zero-order chi connectivity index (χ0) is 29.2. The average molecular weight is 636 g/mol. The van der Waals surface area contributed by atoms with Crippen molar-refractivity contribution in [2.45, 2.75) is 13.2 Å². The maximum absolute atomic E-state index is 11.1. The summed E-state index contributed by atoms with van der Waals surface area (Å²) in [7, 11) is 3.12. The number of hydrogen-bond acceptors (Lipinski definition) is 7. The Bertz CT molecular complexity index is 1620. The SMILES string of the molecule is COc1cc(C=O)c(Br)cc1OCc1ccccc1.COc1cc2cc(C(=O)O)sc2cc1OCc1ccccc1. The largest absolute Gasteiger partial charge is 0.493 e. The lowest BCUT2D eigenvalue weighted by Gasteiger charge is -2.12. The standard InChI is InChI=1S/C17H14O4S.C15H13BrO3/c1-20-13-7-12-8-16(17(18)19)22-15(12)9-14(13)21-10-11-5-3-2-4-6-11;1-18-14-7-12(9-17)13(16)8-15(14)19-10-11-5-3-2-4-6-11/h2-9H,10H2,1H3,(H,18,19);2-9H,10H2,1H3. The number of aldehydes is 1. The van der Waals surface area contributed by atoms with Crippen LogP contribution in [0.2, 0.25) is 0 Å². The van der Waals surface area contributed by atoms with Crippen LogP contribution in [0.5, 0.6) is 23.0 Å². The van der Waals surface area contributed by atoms with Crippen LogP contribution in [0.15, 0.2) is 95.5 Å². The van der Waals surface area contributed by atoms with E-state index in [0.717, 1.165) is 27.5 Å². The summed E-state index contributed by atoms with van der Waals surface area (Å²) in [5.74, 6) is 1.42. The molecule has 41 heavy (non-hydrogen) atoms. The van der Waals surface area contributed by atoms with Crippen molar-refractivity contribution in [3.05, 3.63) is 117 Å². The first-order valence-corrected chi connectivity index (χ1v) is 14.0. The van der Waals surface area contributed by atoms with Gasteiger partial charge < -0.3 is 24.1 Å². The van der Waals surface area contributed by atoms with E-state index in [0.29, 0.717) is 51.1 Å². The van der Waals surface area contributed by atoms with Gasteiger partial charge in [-0.05, 0) is 56.7 Å². The molecule has 0 amide bonds. The van der Waals surface area contributed by atoms with Crippen molar-refractivity contribution in [2.75, 3.05) is 14.2 Å². The van der Waals surface area contributed by atoms with Crippen molar-refractivity contribution in [1.29, 1.82) is 0 Å². The molecule has 1 N–H and O–H groups in total. The molecule has 0 fully saturated rings. The van der Waals surface area contributed by atoms with Crippen LogP contribution < -0.4 is 18.9 Å². The molecule has 4 aromatic carbocycles. The molecule has 7 nitrogen and oxygen atoms in total. The summed E-state index contributed by atoms with van der Waals surface area (Å²) in [6.45, 7) is 0.879. The summed E-state index contributed by atoms with van der Waals surface area (Å²) in [5, 5.41) is 9.92. The monoisotopic (exact) mass is 634 g/mol. The van der Waals surface area contributed by atoms with Gasteiger partial charge in [0.1, 0.15) is 18.1 Å². The number of halogens is 1. The van der Waals surface area contributed by atoms with Gasteiger partial charge in [-0.15, -0.1) is 11.3 Å². The Morgan fingerprint density at radius 3 is 1.83 bits per heavy atom. The number of hydrogen-bond donors (Lipinski definition) is 1. The fourth-order valence-electron chi connectivity index (χ4n) is 3.81. The first-order chi connectivity index (χ1) is 19.9. The molecular formula is C32H27BrO7S. The number of aromatic carboxylic acids is 1. The van der Waals surface area contributed by atoms with Crippen molar-refractivity contribution >= 4 is 49.6 Å². The second kappa shape index (κ2) is 14.3. The molecule has 0 spiro atoms. The number of carbonyl (C=O) groups is 2. The molecule has 0 atom stereocenters. The van der Waals surface area contributed by atoms with E-state index in [1.54, 1.807) is 38.5 Å². The normalized spacial score (nSPS) is 10.3. The Morgan fingerprint density at radius 1 is 0.780 bits per heavy atom. The topological polar surface area (TPSA) is 91.3 Å². The number of benzene rings is 4. The van der Waals surface area contributed by atoms with E-state index >= 15 is 0 Å². The molecule has 0 aliphatic heterocycles. The van der Waals surface area contributed by atoms with Gasteiger partial charge in [0, 0.05) is 20.8 Å². The summed E-state index contributed by atoms with van der Waals surface area (Å²) in [4.78, 5) is 22.2. The quantitative estimate of drug-likeness (QED) is 0.155. The lowest BCUT2D eigenvalue weighted by atomic mass is 10.2. The minimum atomic E-state index is -0.924. The number of methoxy groups -OCH3 is 2. The number of carboxylic acids is 1. The van der Waals surface area contributed by atoms with Crippen LogP contribution in [0, 0.1) is 0 Å². The number of thiophene rings is 1. The van der Waals surface area contributed by atoms with Crippen molar-refractivity contribution in [1.82, 2.24) is 0 Å². The van der Waals surface area contributed by atoms with Gasteiger partial charge in [-0.3, -0.25) is 4.79 Å². The summed E-state index contributed by atoms with van der Waals surface area (Å²) < 4.78 is 23.7. The third kappa shape index (κ3) is 7.87. The average Bonchev–Trinajstić information content (AvgIpc) is 3.43. The van der Waals surface area contributed by atoms with Crippen LogP contribution in [0.3, 0.4) is 0 Å². The van der Waals surface area contributed by atoms with E-state index in [4.69, 9.17) is 24.1 Å². The van der Waals surface area contributed by atoms with Crippen LogP contribution in [0.25, 0.3) is 10.1 Å². The molecule has 0 radical (unpaired) electrons. The second-order valence-corrected chi connectivity index (χ2v) is 10.6. The van der Waals surface area contributed by atoms with E-state index in [-0.39, 0.29) is 0 Å². The van der Waals surface area contributed by atoms with E-state index in [9.17, 15) is 9.59 Å². The highest BCUT2D eigenvalue weighted by Crippen LogP contribution is 2.37. The van der Waals surface area contributed by atoms with Crippen LogP contribution >= 0.6 is 27.3 Å². The van der Waals surface area contributed by atoms with Gasteiger partial charge in [-0.1, -0.05) is 60.7 Å². The van der Waals surface area contributed by atoms with Gasteiger partial charge in [-0.25, -0.2) is 4.79 Å². The third-order valence-electron chi connectivity index (χ3n) is 5.90. The molecule has 9 heteroatoms. The number of ether oxygens (including phenoxy) is 4. The summed E-state index contributed by atoms with van der Waals surface area (Å²) in [5.41, 5.74) is 2.66. The fourth-order valence-corrected chi connectivity index (χ4v) is 5.14. The molecule has 0 saturated carbocycles. The van der Waals surface area contributed by atoms with Crippen LogP contribution in [-0.4, -0.2) is 31.6 Å². The molecule has 5 aromatic rings. The Balaban J connectivity index is 0.000000191. The lowest BCUT2D eigenvalue weighted by molar-refractivity contribution is 0.0702. The molecule has 210 valence electrons. The predicted octanol–water partition coefficient (Wildman–Crippen LogP) is 8.04. The first-order valence-electron chi connectivity index (χ1n) is 12.4.